The number of rotatable bonds is 5. The molecule has 1 saturated carbocycles. The number of H-pyrrole nitrogens is 1. The number of benzene rings is 1. The Kier molecular flexibility index (Phi) is 6.05. The van der Waals surface area contributed by atoms with Gasteiger partial charge in [-0.3, -0.25) is 9.89 Å². The van der Waals surface area contributed by atoms with Crippen LogP contribution in [0.2, 0.25) is 0 Å². The van der Waals surface area contributed by atoms with Crippen LogP contribution in [0.1, 0.15) is 72.2 Å². The van der Waals surface area contributed by atoms with Gasteiger partial charge < -0.3 is 10.2 Å². The lowest BCUT2D eigenvalue weighted by atomic mass is 9.85. The predicted molar refractivity (Wildman–Crippen MR) is 130 cm³/mol. The lowest BCUT2D eigenvalue weighted by molar-refractivity contribution is 0.0927. The molecule has 1 atom stereocenters. The first-order valence-corrected chi connectivity index (χ1v) is 12.5. The van der Waals surface area contributed by atoms with E-state index in [-0.39, 0.29) is 40.2 Å². The minimum Gasteiger partial charge on any atom is -0.362 e. The van der Waals surface area contributed by atoms with E-state index in [4.69, 9.17) is 0 Å². The number of fused-ring (bicyclic) bond motifs is 1. The highest BCUT2D eigenvalue weighted by molar-refractivity contribution is 6.01. The molecule has 1 aliphatic heterocycles. The lowest BCUT2D eigenvalue weighted by Gasteiger charge is -2.28. The summed E-state index contributed by atoms with van der Waals surface area (Å²) in [6.45, 7) is 0.484. The van der Waals surface area contributed by atoms with Gasteiger partial charge >= 0.3 is 0 Å². The van der Waals surface area contributed by atoms with Crippen molar-refractivity contribution in [3.05, 3.63) is 77.4 Å². The molecule has 1 aliphatic carbocycles. The summed E-state index contributed by atoms with van der Waals surface area (Å²) >= 11 is 0. The van der Waals surface area contributed by atoms with Gasteiger partial charge in [-0.05, 0) is 62.8 Å². The van der Waals surface area contributed by atoms with Crippen molar-refractivity contribution < 1.29 is 18.0 Å². The molecule has 1 unspecified atom stereocenters. The third-order valence-electron chi connectivity index (χ3n) is 7.61. The third kappa shape index (κ3) is 4.32. The first kappa shape index (κ1) is 23.5. The van der Waals surface area contributed by atoms with Crippen molar-refractivity contribution in [3.8, 4) is 0 Å². The molecule has 0 bridgehead atoms. The Balaban J connectivity index is 1.24. The smallest absolute Gasteiger partial charge is 0.255 e. The van der Waals surface area contributed by atoms with Gasteiger partial charge in [0, 0.05) is 30.3 Å². The molecule has 6 rings (SSSR count). The standard InChI is InChI=1S/C26H26F3N7O/c27-16-5-8-20(28)18(12-16)21-2-1-10-35(21)22-9-11-36-24(23(22)29)19(13-32-36)26(37)33-17-6-3-15(4-7-17)25-30-14-31-34-25/h5,8-9,11-15,17,21H,1-4,6-7,10H2,(H,33,37)(H,30,31,34). The molecule has 2 aliphatic rings. The molecule has 37 heavy (non-hydrogen) atoms. The van der Waals surface area contributed by atoms with Crippen molar-refractivity contribution in [2.24, 2.45) is 0 Å². The SMILES string of the molecule is O=C(NC1CCC(c2ncn[nH]2)CC1)c1cnn2ccc(N3CCCC3c3cc(F)ccc3F)c(F)c12. The van der Waals surface area contributed by atoms with Crippen LogP contribution in [-0.4, -0.2) is 43.3 Å². The number of nitrogens with zero attached hydrogens (tertiary/aromatic N) is 5. The van der Waals surface area contributed by atoms with Crippen LogP contribution in [0, 0.1) is 17.5 Å². The van der Waals surface area contributed by atoms with Crippen LogP contribution in [0.5, 0.6) is 0 Å². The predicted octanol–water partition coefficient (Wildman–Crippen LogP) is 4.67. The van der Waals surface area contributed by atoms with Crippen LogP contribution in [0.4, 0.5) is 18.9 Å². The van der Waals surface area contributed by atoms with Crippen LogP contribution in [0.3, 0.4) is 0 Å². The lowest BCUT2D eigenvalue weighted by Crippen LogP contribution is -2.37. The third-order valence-corrected chi connectivity index (χ3v) is 7.61. The van der Waals surface area contributed by atoms with Crippen molar-refractivity contribution in [1.82, 2.24) is 30.1 Å². The summed E-state index contributed by atoms with van der Waals surface area (Å²) in [4.78, 5) is 19.2. The molecule has 192 valence electrons. The Labute approximate surface area is 210 Å². The Hall–Kier alpha value is -3.89. The fourth-order valence-corrected chi connectivity index (χ4v) is 5.75. The van der Waals surface area contributed by atoms with E-state index in [1.54, 1.807) is 17.2 Å². The number of halogens is 3. The molecule has 2 N–H and O–H groups in total. The number of anilines is 1. The molecule has 0 radical (unpaired) electrons. The van der Waals surface area contributed by atoms with Gasteiger partial charge in [0.05, 0.1) is 23.5 Å². The van der Waals surface area contributed by atoms with E-state index in [1.807, 2.05) is 0 Å². The van der Waals surface area contributed by atoms with Gasteiger partial charge in [0.15, 0.2) is 5.82 Å². The first-order valence-electron chi connectivity index (χ1n) is 12.5. The summed E-state index contributed by atoms with van der Waals surface area (Å²) < 4.78 is 45.7. The summed E-state index contributed by atoms with van der Waals surface area (Å²) in [6, 6.07) is 4.36. The Bertz CT molecular complexity index is 1430. The van der Waals surface area contributed by atoms with E-state index in [0.717, 1.165) is 43.6 Å². The van der Waals surface area contributed by atoms with Gasteiger partial charge in [0.2, 0.25) is 0 Å². The number of aromatic nitrogens is 5. The summed E-state index contributed by atoms with van der Waals surface area (Å²) in [6.07, 6.45) is 8.99. The Morgan fingerprint density at radius 3 is 2.70 bits per heavy atom. The molecule has 1 aromatic carbocycles. The van der Waals surface area contributed by atoms with Crippen LogP contribution >= 0.6 is 0 Å². The van der Waals surface area contributed by atoms with E-state index in [1.165, 1.54) is 23.1 Å². The second kappa shape index (κ2) is 9.53. The summed E-state index contributed by atoms with van der Waals surface area (Å²) in [5, 5.41) is 14.0. The maximum absolute atomic E-state index is 16.0. The number of carbonyl (C=O) groups excluding carboxylic acids is 1. The summed E-state index contributed by atoms with van der Waals surface area (Å²) in [5.74, 6) is -0.915. The second-order valence-electron chi connectivity index (χ2n) is 9.78. The highest BCUT2D eigenvalue weighted by Crippen LogP contribution is 2.39. The number of amides is 1. The van der Waals surface area contributed by atoms with Crippen molar-refractivity contribution in [2.75, 3.05) is 11.4 Å². The number of hydrogen-bond acceptors (Lipinski definition) is 5. The summed E-state index contributed by atoms with van der Waals surface area (Å²) in [7, 11) is 0. The fourth-order valence-electron chi connectivity index (χ4n) is 5.75. The number of pyridine rings is 1. The Morgan fingerprint density at radius 1 is 1.08 bits per heavy atom. The monoisotopic (exact) mass is 509 g/mol. The highest BCUT2D eigenvalue weighted by Gasteiger charge is 2.32. The van der Waals surface area contributed by atoms with Crippen LogP contribution in [0.15, 0.2) is 43.0 Å². The minimum absolute atomic E-state index is 0.0354. The molecule has 11 heteroatoms. The molecule has 8 nitrogen and oxygen atoms in total. The average molecular weight is 510 g/mol. The number of aromatic amines is 1. The van der Waals surface area contributed by atoms with E-state index < -0.39 is 23.5 Å². The van der Waals surface area contributed by atoms with Crippen LogP contribution in [-0.2, 0) is 0 Å². The molecular formula is C26H26F3N7O. The number of nitrogens with one attached hydrogen (secondary N) is 2. The maximum atomic E-state index is 16.0. The number of carbonyl (C=O) groups is 1. The first-order chi connectivity index (χ1) is 18.0. The quantitative estimate of drug-likeness (QED) is 0.408. The van der Waals surface area contributed by atoms with Crippen LogP contribution < -0.4 is 10.2 Å². The molecule has 2 fully saturated rings. The molecule has 3 aromatic heterocycles. The van der Waals surface area contributed by atoms with Gasteiger partial charge in [-0.15, -0.1) is 0 Å². The fraction of sp³-hybridized carbons (Fsp3) is 0.385. The van der Waals surface area contributed by atoms with Gasteiger partial charge in [-0.1, -0.05) is 0 Å². The van der Waals surface area contributed by atoms with E-state index in [2.05, 4.69) is 25.6 Å². The zero-order valence-electron chi connectivity index (χ0n) is 20.0. The second-order valence-corrected chi connectivity index (χ2v) is 9.78. The largest absolute Gasteiger partial charge is 0.362 e. The van der Waals surface area contributed by atoms with Gasteiger partial charge in [0.25, 0.3) is 5.91 Å². The number of hydrogen-bond donors (Lipinski definition) is 2. The van der Waals surface area contributed by atoms with Crippen molar-refractivity contribution in [1.29, 1.82) is 0 Å². The molecule has 4 heterocycles. The molecular weight excluding hydrogens is 483 g/mol. The van der Waals surface area contributed by atoms with Crippen molar-refractivity contribution in [2.45, 2.75) is 56.5 Å². The topological polar surface area (TPSA) is 91.2 Å². The van der Waals surface area contributed by atoms with Gasteiger partial charge in [-0.25, -0.2) is 22.7 Å². The summed E-state index contributed by atoms with van der Waals surface area (Å²) in [5.41, 5.74) is 0.644. The average Bonchev–Trinajstić information content (AvgIpc) is 3.67. The van der Waals surface area contributed by atoms with Gasteiger partial charge in [0.1, 0.15) is 29.3 Å². The van der Waals surface area contributed by atoms with Crippen LogP contribution in [0.25, 0.3) is 5.52 Å². The molecule has 1 amide bonds. The zero-order chi connectivity index (χ0) is 25.5. The molecule has 1 saturated heterocycles. The normalized spacial score (nSPS) is 22.0. The van der Waals surface area contributed by atoms with Gasteiger partial charge in [-0.2, -0.15) is 10.2 Å². The maximum Gasteiger partial charge on any atom is 0.255 e. The minimum atomic E-state index is -0.608. The van der Waals surface area contributed by atoms with Crippen molar-refractivity contribution >= 4 is 17.1 Å². The van der Waals surface area contributed by atoms with E-state index in [9.17, 15) is 13.6 Å². The molecule has 4 aromatic rings. The zero-order valence-corrected chi connectivity index (χ0v) is 20.0. The highest BCUT2D eigenvalue weighted by atomic mass is 19.1. The Morgan fingerprint density at radius 2 is 1.92 bits per heavy atom. The van der Waals surface area contributed by atoms with E-state index >= 15 is 4.39 Å². The van der Waals surface area contributed by atoms with E-state index in [0.29, 0.717) is 19.4 Å². The molecule has 0 spiro atoms. The van der Waals surface area contributed by atoms with Crippen molar-refractivity contribution in [3.63, 3.8) is 0 Å².